The van der Waals surface area contributed by atoms with Gasteiger partial charge in [-0.15, -0.1) is 0 Å². The van der Waals surface area contributed by atoms with Crippen LogP contribution in [0.4, 0.5) is 5.69 Å². The molecule has 118 valence electrons. The third-order valence-corrected chi connectivity index (χ3v) is 3.58. The Bertz CT molecular complexity index is 462. The van der Waals surface area contributed by atoms with E-state index in [0.717, 1.165) is 25.1 Å². The molecule has 1 heterocycles. The molecule has 1 aliphatic heterocycles. The minimum absolute atomic E-state index is 0.0189. The van der Waals surface area contributed by atoms with Crippen LogP contribution in [0.15, 0.2) is 18.2 Å². The minimum atomic E-state index is -0.0847. The van der Waals surface area contributed by atoms with Gasteiger partial charge in [0.05, 0.1) is 19.3 Å². The Morgan fingerprint density at radius 1 is 1.38 bits per heavy atom. The maximum Gasteiger partial charge on any atom is 0.163 e. The zero-order valence-electron chi connectivity index (χ0n) is 13.0. The van der Waals surface area contributed by atoms with Crippen molar-refractivity contribution in [1.82, 2.24) is 0 Å². The van der Waals surface area contributed by atoms with Gasteiger partial charge in [0.25, 0.3) is 0 Å². The van der Waals surface area contributed by atoms with Gasteiger partial charge in [-0.3, -0.25) is 0 Å². The van der Waals surface area contributed by atoms with Gasteiger partial charge in [0.15, 0.2) is 11.5 Å². The van der Waals surface area contributed by atoms with E-state index in [0.29, 0.717) is 17.5 Å². The van der Waals surface area contributed by atoms with Crippen LogP contribution in [0.2, 0.25) is 0 Å². The van der Waals surface area contributed by atoms with Gasteiger partial charge in [-0.2, -0.15) is 0 Å². The summed E-state index contributed by atoms with van der Waals surface area (Å²) in [5.41, 5.74) is 0.907. The van der Waals surface area contributed by atoms with Crippen molar-refractivity contribution in [3.63, 3.8) is 0 Å². The van der Waals surface area contributed by atoms with Gasteiger partial charge in [0.2, 0.25) is 0 Å². The summed E-state index contributed by atoms with van der Waals surface area (Å²) in [6.07, 6.45) is 1.95. The Morgan fingerprint density at radius 2 is 2.19 bits per heavy atom. The number of methoxy groups -OCH3 is 1. The molecule has 1 fully saturated rings. The van der Waals surface area contributed by atoms with Gasteiger partial charge in [0, 0.05) is 24.4 Å². The zero-order chi connectivity index (χ0) is 15.3. The fraction of sp³-hybridized carbons (Fsp3) is 0.625. The summed E-state index contributed by atoms with van der Waals surface area (Å²) in [5, 5.41) is 12.4. The van der Waals surface area contributed by atoms with Crippen LogP contribution < -0.4 is 14.8 Å². The molecule has 0 saturated carbocycles. The highest BCUT2D eigenvalue weighted by Gasteiger charge is 2.28. The van der Waals surface area contributed by atoms with Crippen molar-refractivity contribution < 1.29 is 19.3 Å². The molecular weight excluding hydrogens is 270 g/mol. The number of hydrogen-bond donors (Lipinski definition) is 2. The van der Waals surface area contributed by atoms with Gasteiger partial charge in [-0.1, -0.05) is 0 Å². The van der Waals surface area contributed by atoms with Gasteiger partial charge in [0.1, 0.15) is 6.61 Å². The predicted molar refractivity (Wildman–Crippen MR) is 82.3 cm³/mol. The Kier molecular flexibility index (Phi) is 5.31. The lowest BCUT2D eigenvalue weighted by Gasteiger charge is -2.36. The number of anilines is 1. The molecule has 0 radical (unpaired) electrons. The van der Waals surface area contributed by atoms with Gasteiger partial charge in [-0.05, 0) is 38.8 Å². The minimum Gasteiger partial charge on any atom is -0.493 e. The maximum atomic E-state index is 8.88. The molecule has 5 heteroatoms. The summed E-state index contributed by atoms with van der Waals surface area (Å²) in [5.74, 6) is 1.31. The molecule has 0 amide bonds. The van der Waals surface area contributed by atoms with E-state index in [4.69, 9.17) is 19.3 Å². The molecule has 1 aromatic carbocycles. The van der Waals surface area contributed by atoms with Crippen LogP contribution >= 0.6 is 0 Å². The van der Waals surface area contributed by atoms with Crippen molar-refractivity contribution in [2.45, 2.75) is 38.3 Å². The van der Waals surface area contributed by atoms with E-state index in [1.165, 1.54) is 0 Å². The first-order valence-electron chi connectivity index (χ1n) is 7.36. The average Bonchev–Trinajstić information content (AvgIpc) is 2.44. The van der Waals surface area contributed by atoms with E-state index < -0.39 is 0 Å². The van der Waals surface area contributed by atoms with Crippen molar-refractivity contribution in [2.24, 2.45) is 0 Å². The smallest absolute Gasteiger partial charge is 0.163 e. The second-order valence-electron chi connectivity index (χ2n) is 5.88. The molecular formula is C16H25NO4. The number of rotatable bonds is 6. The van der Waals surface area contributed by atoms with Crippen molar-refractivity contribution in [1.29, 1.82) is 0 Å². The highest BCUT2D eigenvalue weighted by Crippen LogP contribution is 2.32. The molecule has 1 aromatic rings. The van der Waals surface area contributed by atoms with Crippen LogP contribution in [0.1, 0.15) is 26.7 Å². The van der Waals surface area contributed by atoms with E-state index in [-0.39, 0.29) is 18.8 Å². The molecule has 1 unspecified atom stereocenters. The lowest BCUT2D eigenvalue weighted by Crippen LogP contribution is -2.40. The first kappa shape index (κ1) is 15.9. The summed E-state index contributed by atoms with van der Waals surface area (Å²) in [4.78, 5) is 0. The summed E-state index contributed by atoms with van der Waals surface area (Å²) >= 11 is 0. The molecule has 0 spiro atoms. The second kappa shape index (κ2) is 7.00. The third-order valence-electron chi connectivity index (χ3n) is 3.58. The maximum absolute atomic E-state index is 8.88. The van der Waals surface area contributed by atoms with Crippen molar-refractivity contribution in [2.75, 3.05) is 32.2 Å². The van der Waals surface area contributed by atoms with Crippen LogP contribution in [-0.4, -0.2) is 43.7 Å². The van der Waals surface area contributed by atoms with Crippen molar-refractivity contribution >= 4 is 5.69 Å². The summed E-state index contributed by atoms with van der Waals surface area (Å²) in [6, 6.07) is 6.15. The second-order valence-corrected chi connectivity index (χ2v) is 5.88. The number of ether oxygens (including phenoxy) is 3. The summed E-state index contributed by atoms with van der Waals surface area (Å²) in [6.45, 7) is 5.24. The van der Waals surface area contributed by atoms with E-state index in [1.807, 2.05) is 18.2 Å². The lowest BCUT2D eigenvalue weighted by atomic mass is 9.94. The Balaban J connectivity index is 2.05. The number of aliphatic hydroxyl groups is 1. The quantitative estimate of drug-likeness (QED) is 0.844. The molecule has 1 aliphatic rings. The molecule has 2 N–H and O–H groups in total. The molecule has 0 aromatic heterocycles. The van der Waals surface area contributed by atoms with E-state index in [2.05, 4.69) is 19.2 Å². The monoisotopic (exact) mass is 295 g/mol. The first-order valence-corrected chi connectivity index (χ1v) is 7.36. The average molecular weight is 295 g/mol. The van der Waals surface area contributed by atoms with Crippen molar-refractivity contribution in [3.05, 3.63) is 18.2 Å². The van der Waals surface area contributed by atoms with Crippen LogP contribution in [-0.2, 0) is 4.74 Å². The first-order chi connectivity index (χ1) is 10.0. The van der Waals surface area contributed by atoms with Gasteiger partial charge < -0.3 is 24.6 Å². The number of hydrogen-bond acceptors (Lipinski definition) is 5. The number of benzene rings is 1. The number of aliphatic hydroxyl groups excluding tert-OH is 1. The topological polar surface area (TPSA) is 60.0 Å². The SMILES string of the molecule is COc1ccc(NC2CCOC(C)(C)C2)cc1OCCO. The molecule has 0 bridgehead atoms. The van der Waals surface area contributed by atoms with E-state index in [1.54, 1.807) is 7.11 Å². The fourth-order valence-electron chi connectivity index (χ4n) is 2.63. The summed E-state index contributed by atoms with van der Waals surface area (Å²) < 4.78 is 16.5. The molecule has 1 atom stereocenters. The third kappa shape index (κ3) is 4.51. The van der Waals surface area contributed by atoms with Crippen LogP contribution in [0.3, 0.4) is 0 Å². The Morgan fingerprint density at radius 3 is 2.86 bits per heavy atom. The normalized spacial score (nSPS) is 20.9. The molecule has 2 rings (SSSR count). The highest BCUT2D eigenvalue weighted by atomic mass is 16.5. The highest BCUT2D eigenvalue weighted by molar-refractivity contribution is 5.55. The largest absolute Gasteiger partial charge is 0.493 e. The van der Waals surface area contributed by atoms with Crippen LogP contribution in [0, 0.1) is 0 Å². The Labute approximate surface area is 126 Å². The van der Waals surface area contributed by atoms with Crippen molar-refractivity contribution in [3.8, 4) is 11.5 Å². The van der Waals surface area contributed by atoms with Crippen LogP contribution in [0.5, 0.6) is 11.5 Å². The predicted octanol–water partition coefficient (Wildman–Crippen LogP) is 2.44. The van der Waals surface area contributed by atoms with E-state index in [9.17, 15) is 0 Å². The fourth-order valence-corrected chi connectivity index (χ4v) is 2.63. The Hall–Kier alpha value is -1.46. The standard InChI is InChI=1S/C16H25NO4/c1-16(2)11-13(6-8-21-16)17-12-4-5-14(19-3)15(10-12)20-9-7-18/h4-5,10,13,17-18H,6-9,11H2,1-3H3. The van der Waals surface area contributed by atoms with Crippen LogP contribution in [0.25, 0.3) is 0 Å². The summed E-state index contributed by atoms with van der Waals surface area (Å²) in [7, 11) is 1.61. The lowest BCUT2D eigenvalue weighted by molar-refractivity contribution is -0.0553. The molecule has 5 nitrogen and oxygen atoms in total. The number of nitrogens with one attached hydrogen (secondary N) is 1. The van der Waals surface area contributed by atoms with Gasteiger partial charge in [-0.25, -0.2) is 0 Å². The molecule has 21 heavy (non-hydrogen) atoms. The molecule has 0 aliphatic carbocycles. The zero-order valence-corrected chi connectivity index (χ0v) is 13.0. The van der Waals surface area contributed by atoms with Gasteiger partial charge >= 0.3 is 0 Å². The molecule has 1 saturated heterocycles. The van der Waals surface area contributed by atoms with E-state index >= 15 is 0 Å².